The molecule has 0 heterocycles. The second-order valence-corrected chi connectivity index (χ2v) is 9.72. The maximum absolute atomic E-state index is 13.3. The molecule has 0 fully saturated rings. The molecule has 0 radical (unpaired) electrons. The molecule has 4 rings (SSSR count). The van der Waals surface area contributed by atoms with Crippen molar-refractivity contribution in [3.63, 3.8) is 0 Å². The summed E-state index contributed by atoms with van der Waals surface area (Å²) < 4.78 is 33.3. The lowest BCUT2D eigenvalue weighted by Gasteiger charge is -2.22. The van der Waals surface area contributed by atoms with Crippen molar-refractivity contribution < 1.29 is 17.9 Å². The Morgan fingerprint density at radius 3 is 2.18 bits per heavy atom. The monoisotopic (exact) mass is 492 g/mol. The number of sulfonamides is 1. The van der Waals surface area contributed by atoms with Gasteiger partial charge in [0.05, 0.1) is 21.8 Å². The van der Waals surface area contributed by atoms with E-state index in [1.54, 1.807) is 72.8 Å². The first-order chi connectivity index (χ1) is 16.4. The van der Waals surface area contributed by atoms with E-state index in [1.807, 2.05) is 18.2 Å². The van der Waals surface area contributed by atoms with E-state index < -0.39 is 15.9 Å². The van der Waals surface area contributed by atoms with E-state index in [1.165, 1.54) is 19.2 Å². The van der Waals surface area contributed by atoms with Gasteiger partial charge in [-0.1, -0.05) is 60.1 Å². The number of hydrogen-bond acceptors (Lipinski definition) is 4. The highest BCUT2D eigenvalue weighted by atomic mass is 35.5. The van der Waals surface area contributed by atoms with Crippen LogP contribution in [0.15, 0.2) is 108 Å². The summed E-state index contributed by atoms with van der Waals surface area (Å²) in [7, 11) is -2.45. The highest BCUT2D eigenvalue weighted by molar-refractivity contribution is 7.92. The van der Waals surface area contributed by atoms with E-state index in [-0.39, 0.29) is 16.1 Å². The number of ether oxygens (including phenoxy) is 1. The topological polar surface area (TPSA) is 75.7 Å². The Labute approximate surface area is 203 Å². The molecular weight excluding hydrogens is 472 g/mol. The minimum absolute atomic E-state index is 0.126. The summed E-state index contributed by atoms with van der Waals surface area (Å²) in [6.45, 7) is 0. The van der Waals surface area contributed by atoms with Crippen LogP contribution in [0.1, 0.15) is 10.4 Å². The van der Waals surface area contributed by atoms with Crippen LogP contribution in [0.25, 0.3) is 0 Å². The summed E-state index contributed by atoms with van der Waals surface area (Å²) in [5.41, 5.74) is 0.760. The molecule has 0 saturated heterocycles. The van der Waals surface area contributed by atoms with Gasteiger partial charge in [-0.3, -0.25) is 9.10 Å². The third kappa shape index (κ3) is 5.06. The Hall–Kier alpha value is -3.81. The van der Waals surface area contributed by atoms with E-state index in [4.69, 9.17) is 16.3 Å². The Kier molecular flexibility index (Phi) is 6.86. The fourth-order valence-electron chi connectivity index (χ4n) is 3.31. The highest BCUT2D eigenvalue weighted by Gasteiger charge is 2.25. The molecule has 1 N–H and O–H groups in total. The van der Waals surface area contributed by atoms with Gasteiger partial charge in [-0.25, -0.2) is 8.42 Å². The van der Waals surface area contributed by atoms with Crippen molar-refractivity contribution in [2.75, 3.05) is 16.7 Å². The van der Waals surface area contributed by atoms with Crippen molar-refractivity contribution in [3.8, 4) is 11.5 Å². The van der Waals surface area contributed by atoms with Gasteiger partial charge in [0.25, 0.3) is 15.9 Å². The first kappa shape index (κ1) is 23.4. The first-order valence-corrected chi connectivity index (χ1v) is 12.1. The molecule has 0 unspecified atom stereocenters. The number of hydrogen-bond donors (Lipinski definition) is 1. The number of halogens is 1. The predicted octanol–water partition coefficient (Wildman–Crippen LogP) is 6.21. The van der Waals surface area contributed by atoms with Gasteiger partial charge >= 0.3 is 0 Å². The van der Waals surface area contributed by atoms with Crippen molar-refractivity contribution >= 4 is 38.9 Å². The Bertz CT molecular complexity index is 1410. The zero-order valence-electron chi connectivity index (χ0n) is 18.2. The average molecular weight is 493 g/mol. The fourth-order valence-corrected chi connectivity index (χ4v) is 4.72. The largest absolute Gasteiger partial charge is 0.455 e. The first-order valence-electron chi connectivity index (χ1n) is 10.3. The van der Waals surface area contributed by atoms with Crippen molar-refractivity contribution in [1.82, 2.24) is 0 Å². The number of rotatable bonds is 7. The number of carbonyl (C=O) groups is 1. The van der Waals surface area contributed by atoms with Crippen molar-refractivity contribution in [2.24, 2.45) is 0 Å². The number of anilines is 2. The minimum atomic E-state index is -3.87. The molecule has 0 atom stereocenters. The molecule has 172 valence electrons. The second-order valence-electron chi connectivity index (χ2n) is 7.31. The third-order valence-corrected chi connectivity index (χ3v) is 7.07. The van der Waals surface area contributed by atoms with Crippen LogP contribution >= 0.6 is 11.6 Å². The molecule has 0 aromatic heterocycles. The van der Waals surface area contributed by atoms with Crippen LogP contribution < -0.4 is 14.4 Å². The van der Waals surface area contributed by atoms with Crippen molar-refractivity contribution in [3.05, 3.63) is 114 Å². The van der Waals surface area contributed by atoms with Gasteiger partial charge < -0.3 is 10.1 Å². The third-order valence-electron chi connectivity index (χ3n) is 5.05. The van der Waals surface area contributed by atoms with E-state index in [2.05, 4.69) is 5.32 Å². The Morgan fingerprint density at radius 1 is 0.853 bits per heavy atom. The predicted molar refractivity (Wildman–Crippen MR) is 134 cm³/mol. The van der Waals surface area contributed by atoms with Gasteiger partial charge in [0.1, 0.15) is 5.75 Å². The zero-order chi connectivity index (χ0) is 24.1. The minimum Gasteiger partial charge on any atom is -0.455 e. The number of carbonyl (C=O) groups excluding carboxylic acids is 1. The molecule has 0 bridgehead atoms. The lowest BCUT2D eigenvalue weighted by Crippen LogP contribution is -2.29. The SMILES string of the molecule is CN(c1ccccc1C(=O)Nc1cc(Cl)ccc1Oc1ccccc1)S(=O)(=O)c1ccccc1. The quantitative estimate of drug-likeness (QED) is 0.333. The molecule has 4 aromatic carbocycles. The number of nitrogens with one attached hydrogen (secondary N) is 1. The van der Waals surface area contributed by atoms with Crippen LogP contribution in [0.3, 0.4) is 0 Å². The fraction of sp³-hybridized carbons (Fsp3) is 0.0385. The van der Waals surface area contributed by atoms with E-state index >= 15 is 0 Å². The second kappa shape index (κ2) is 9.99. The molecule has 4 aromatic rings. The van der Waals surface area contributed by atoms with Crippen LogP contribution in [-0.2, 0) is 10.0 Å². The zero-order valence-corrected chi connectivity index (χ0v) is 19.8. The smallest absolute Gasteiger partial charge is 0.264 e. The molecule has 0 aliphatic rings. The van der Waals surface area contributed by atoms with Gasteiger partial charge in [0, 0.05) is 12.1 Å². The van der Waals surface area contributed by atoms with Crippen LogP contribution in [0.2, 0.25) is 5.02 Å². The number of amides is 1. The molecule has 0 aliphatic heterocycles. The van der Waals surface area contributed by atoms with Crippen LogP contribution in [-0.4, -0.2) is 21.4 Å². The summed E-state index contributed by atoms with van der Waals surface area (Å²) in [6.07, 6.45) is 0. The molecule has 6 nitrogen and oxygen atoms in total. The van der Waals surface area contributed by atoms with Crippen LogP contribution in [0, 0.1) is 0 Å². The lowest BCUT2D eigenvalue weighted by molar-refractivity contribution is 0.102. The van der Waals surface area contributed by atoms with E-state index in [0.717, 1.165) is 4.31 Å². The lowest BCUT2D eigenvalue weighted by atomic mass is 10.1. The van der Waals surface area contributed by atoms with Gasteiger partial charge in [0.15, 0.2) is 5.75 Å². The number of para-hydroxylation sites is 2. The van der Waals surface area contributed by atoms with Crippen molar-refractivity contribution in [2.45, 2.75) is 4.90 Å². The molecule has 34 heavy (non-hydrogen) atoms. The molecule has 0 saturated carbocycles. The molecule has 1 amide bonds. The maximum Gasteiger partial charge on any atom is 0.264 e. The average Bonchev–Trinajstić information content (AvgIpc) is 2.86. The molecular formula is C26H21ClN2O4S. The summed E-state index contributed by atoms with van der Waals surface area (Å²) in [5.74, 6) is 0.479. The van der Waals surface area contributed by atoms with Crippen LogP contribution in [0.5, 0.6) is 11.5 Å². The summed E-state index contributed by atoms with van der Waals surface area (Å²) >= 11 is 6.16. The molecule has 0 spiro atoms. The standard InChI is InChI=1S/C26H21ClN2O4S/c1-29(34(31,32)21-12-6-3-7-13-21)24-15-9-8-14-22(24)26(30)28-23-18-19(27)16-17-25(23)33-20-10-4-2-5-11-20/h2-18H,1H3,(H,28,30). The van der Waals surface area contributed by atoms with Gasteiger partial charge in [-0.05, 0) is 54.6 Å². The van der Waals surface area contributed by atoms with Crippen molar-refractivity contribution in [1.29, 1.82) is 0 Å². The molecule has 0 aliphatic carbocycles. The van der Waals surface area contributed by atoms with Crippen LogP contribution in [0.4, 0.5) is 11.4 Å². The normalized spacial score (nSPS) is 11.0. The van der Waals surface area contributed by atoms with Gasteiger partial charge in [0.2, 0.25) is 0 Å². The number of nitrogens with zero attached hydrogens (tertiary/aromatic N) is 1. The van der Waals surface area contributed by atoms with E-state index in [9.17, 15) is 13.2 Å². The van der Waals surface area contributed by atoms with Gasteiger partial charge in [-0.2, -0.15) is 0 Å². The summed E-state index contributed by atoms with van der Waals surface area (Å²) in [6, 6.07) is 28.5. The summed E-state index contributed by atoms with van der Waals surface area (Å²) in [5, 5.41) is 3.21. The Morgan fingerprint density at radius 2 is 1.47 bits per heavy atom. The van der Waals surface area contributed by atoms with E-state index in [0.29, 0.717) is 22.2 Å². The summed E-state index contributed by atoms with van der Waals surface area (Å²) in [4.78, 5) is 13.4. The maximum atomic E-state index is 13.3. The number of benzene rings is 4. The molecule has 8 heteroatoms. The Balaban J connectivity index is 1.65. The van der Waals surface area contributed by atoms with Gasteiger partial charge in [-0.15, -0.1) is 0 Å². The highest BCUT2D eigenvalue weighted by Crippen LogP contribution is 2.33.